The lowest BCUT2D eigenvalue weighted by Crippen LogP contribution is -2.31. The molecule has 1 saturated heterocycles. The van der Waals surface area contributed by atoms with Crippen LogP contribution in [0.2, 0.25) is 10.0 Å². The molecule has 2 nitrogen and oxygen atoms in total. The maximum Gasteiger partial charge on any atom is 0.0823 e. The zero-order valence-electron chi connectivity index (χ0n) is 8.34. The predicted molar refractivity (Wildman–Crippen MR) is 65.0 cm³/mol. The van der Waals surface area contributed by atoms with Crippen molar-refractivity contribution in [2.45, 2.75) is 18.9 Å². The third kappa shape index (κ3) is 2.77. The second-order valence-corrected chi connectivity index (χ2v) is 4.48. The van der Waals surface area contributed by atoms with E-state index in [0.29, 0.717) is 16.1 Å². The second-order valence-electron chi connectivity index (χ2n) is 3.69. The molecule has 1 aliphatic rings. The smallest absolute Gasteiger partial charge is 0.0823 e. The summed E-state index contributed by atoms with van der Waals surface area (Å²) in [7, 11) is 0. The van der Waals surface area contributed by atoms with Gasteiger partial charge in [0.1, 0.15) is 0 Å². The Kier molecular flexibility index (Phi) is 3.73. The molecule has 0 spiro atoms. The van der Waals surface area contributed by atoms with Gasteiger partial charge >= 0.3 is 0 Å². The minimum atomic E-state index is 0.471. The lowest BCUT2D eigenvalue weighted by atomic mass is 10.1. The maximum absolute atomic E-state index is 6.09. The van der Waals surface area contributed by atoms with Gasteiger partial charge in [0.05, 0.1) is 15.7 Å². The summed E-state index contributed by atoms with van der Waals surface area (Å²) in [6.45, 7) is 1.88. The van der Waals surface area contributed by atoms with E-state index in [1.54, 1.807) is 6.07 Å². The van der Waals surface area contributed by atoms with Gasteiger partial charge in [-0.1, -0.05) is 29.3 Å². The number of hydrogen-bond donors (Lipinski definition) is 1. The Bertz CT molecular complexity index is 335. The lowest BCUT2D eigenvalue weighted by Gasteiger charge is -2.24. The first kappa shape index (κ1) is 11.1. The highest BCUT2D eigenvalue weighted by Crippen LogP contribution is 2.30. The molecule has 2 rings (SSSR count). The molecule has 1 aromatic rings. The summed E-state index contributed by atoms with van der Waals surface area (Å²) in [4.78, 5) is 0. The molecule has 0 aliphatic carbocycles. The Balaban J connectivity index is 2.06. The zero-order valence-corrected chi connectivity index (χ0v) is 9.85. The van der Waals surface area contributed by atoms with Gasteiger partial charge < -0.3 is 5.32 Å². The van der Waals surface area contributed by atoms with E-state index >= 15 is 0 Å². The molecular weight excluding hydrogens is 231 g/mol. The first-order valence-electron chi connectivity index (χ1n) is 5.11. The van der Waals surface area contributed by atoms with Crippen molar-refractivity contribution in [1.29, 1.82) is 0 Å². The lowest BCUT2D eigenvalue weighted by molar-refractivity contribution is 0.472. The summed E-state index contributed by atoms with van der Waals surface area (Å²) in [5.41, 5.74) is 0.927. The van der Waals surface area contributed by atoms with Crippen molar-refractivity contribution in [2.24, 2.45) is 0 Å². The number of hydrogen-bond acceptors (Lipinski definition) is 1. The minimum Gasteiger partial charge on any atom is -0.381 e. The summed E-state index contributed by atoms with van der Waals surface area (Å²) in [5.74, 6) is 0. The van der Waals surface area contributed by atoms with E-state index in [9.17, 15) is 0 Å². The normalized spacial score (nSPS) is 17.7. The van der Waals surface area contributed by atoms with Crippen molar-refractivity contribution in [3.63, 3.8) is 0 Å². The summed E-state index contributed by atoms with van der Waals surface area (Å²) in [5, 5.41) is 8.94. The van der Waals surface area contributed by atoms with Crippen LogP contribution < -0.4 is 10.6 Å². The highest BCUT2D eigenvalue weighted by molar-refractivity contribution is 6.43. The second kappa shape index (κ2) is 5.06. The van der Waals surface area contributed by atoms with Gasteiger partial charge in [-0.15, -0.1) is 0 Å². The molecule has 0 amide bonds. The molecule has 0 saturated carbocycles. The molecule has 0 bridgehead atoms. The van der Waals surface area contributed by atoms with Crippen molar-refractivity contribution in [3.8, 4) is 0 Å². The standard InChI is InChI=1S/C11H13Cl2N2/c12-9-2-1-3-10(11(9)13)15-8-4-6-14-7-5-8/h1-3,8,15H,4-7H2. The average molecular weight is 244 g/mol. The van der Waals surface area contributed by atoms with Crippen molar-refractivity contribution in [3.05, 3.63) is 28.2 Å². The number of nitrogens with one attached hydrogen (secondary N) is 1. The van der Waals surface area contributed by atoms with Gasteiger partial charge in [-0.3, -0.25) is 0 Å². The van der Waals surface area contributed by atoms with Crippen molar-refractivity contribution in [1.82, 2.24) is 5.32 Å². The van der Waals surface area contributed by atoms with Gasteiger partial charge in [0.15, 0.2) is 0 Å². The first-order chi connectivity index (χ1) is 7.27. The van der Waals surface area contributed by atoms with Crippen LogP contribution in [-0.4, -0.2) is 19.1 Å². The van der Waals surface area contributed by atoms with Crippen LogP contribution in [0.15, 0.2) is 18.2 Å². The van der Waals surface area contributed by atoms with E-state index < -0.39 is 0 Å². The van der Waals surface area contributed by atoms with Crippen LogP contribution in [0.4, 0.5) is 5.69 Å². The molecular formula is C11H13Cl2N2. The van der Waals surface area contributed by atoms with Gasteiger partial charge in [-0.25, -0.2) is 5.32 Å². The SMILES string of the molecule is Clc1cccc(NC2CC[N]CC2)c1Cl. The summed E-state index contributed by atoms with van der Waals surface area (Å²) in [6.07, 6.45) is 2.14. The fraction of sp³-hybridized carbons (Fsp3) is 0.455. The molecule has 0 atom stereocenters. The number of rotatable bonds is 2. The van der Waals surface area contributed by atoms with E-state index in [-0.39, 0.29) is 0 Å². The van der Waals surface area contributed by atoms with E-state index in [1.165, 1.54) is 0 Å². The largest absolute Gasteiger partial charge is 0.381 e. The average Bonchev–Trinajstić information content (AvgIpc) is 2.26. The van der Waals surface area contributed by atoms with Crippen LogP contribution in [0, 0.1) is 0 Å². The van der Waals surface area contributed by atoms with Gasteiger partial charge in [0.2, 0.25) is 0 Å². The monoisotopic (exact) mass is 243 g/mol. The molecule has 4 heteroatoms. The number of piperidine rings is 1. The third-order valence-electron chi connectivity index (χ3n) is 2.58. The van der Waals surface area contributed by atoms with Gasteiger partial charge in [0, 0.05) is 19.1 Å². The van der Waals surface area contributed by atoms with Crippen LogP contribution in [0.25, 0.3) is 0 Å². The van der Waals surface area contributed by atoms with Gasteiger partial charge in [-0.2, -0.15) is 0 Å². The van der Waals surface area contributed by atoms with E-state index in [0.717, 1.165) is 31.6 Å². The zero-order chi connectivity index (χ0) is 10.7. The quantitative estimate of drug-likeness (QED) is 0.849. The molecule has 15 heavy (non-hydrogen) atoms. The fourth-order valence-electron chi connectivity index (χ4n) is 1.73. The van der Waals surface area contributed by atoms with Gasteiger partial charge in [-0.05, 0) is 25.0 Å². The molecule has 1 N–H and O–H groups in total. The number of anilines is 1. The Hall–Kier alpha value is -0.440. The molecule has 1 radical (unpaired) electrons. The molecule has 1 heterocycles. The van der Waals surface area contributed by atoms with Crippen LogP contribution >= 0.6 is 23.2 Å². The molecule has 1 aliphatic heterocycles. The number of nitrogens with zero attached hydrogens (tertiary/aromatic N) is 1. The minimum absolute atomic E-state index is 0.471. The Morgan fingerprint density at radius 3 is 2.67 bits per heavy atom. The summed E-state index contributed by atoms with van der Waals surface area (Å²) >= 11 is 12.0. The molecule has 0 aromatic heterocycles. The van der Waals surface area contributed by atoms with E-state index in [4.69, 9.17) is 23.2 Å². The Morgan fingerprint density at radius 2 is 1.93 bits per heavy atom. The Morgan fingerprint density at radius 1 is 1.20 bits per heavy atom. The maximum atomic E-state index is 6.09. The molecule has 1 fully saturated rings. The van der Waals surface area contributed by atoms with Crippen LogP contribution in [0.3, 0.4) is 0 Å². The Labute approximate surface area is 100.0 Å². The predicted octanol–water partition coefficient (Wildman–Crippen LogP) is 3.17. The highest BCUT2D eigenvalue weighted by Gasteiger charge is 2.14. The van der Waals surface area contributed by atoms with Crippen LogP contribution in [0.1, 0.15) is 12.8 Å². The van der Waals surface area contributed by atoms with Crippen molar-refractivity contribution < 1.29 is 0 Å². The number of benzene rings is 1. The van der Waals surface area contributed by atoms with Crippen molar-refractivity contribution >= 4 is 28.9 Å². The van der Waals surface area contributed by atoms with E-state index in [1.807, 2.05) is 12.1 Å². The van der Waals surface area contributed by atoms with E-state index in [2.05, 4.69) is 10.6 Å². The third-order valence-corrected chi connectivity index (χ3v) is 3.40. The van der Waals surface area contributed by atoms with Crippen LogP contribution in [-0.2, 0) is 0 Å². The topological polar surface area (TPSA) is 26.1 Å². The van der Waals surface area contributed by atoms with Crippen LogP contribution in [0.5, 0.6) is 0 Å². The summed E-state index contributed by atoms with van der Waals surface area (Å²) in [6, 6.07) is 6.13. The molecule has 81 valence electrons. The fourth-order valence-corrected chi connectivity index (χ4v) is 2.08. The summed E-state index contributed by atoms with van der Waals surface area (Å²) < 4.78 is 0. The first-order valence-corrected chi connectivity index (χ1v) is 5.87. The molecule has 0 unspecified atom stereocenters. The highest BCUT2D eigenvalue weighted by atomic mass is 35.5. The van der Waals surface area contributed by atoms with Crippen molar-refractivity contribution in [2.75, 3.05) is 18.4 Å². The number of halogens is 2. The van der Waals surface area contributed by atoms with Gasteiger partial charge in [0.25, 0.3) is 0 Å². The molecule has 1 aromatic carbocycles.